The minimum atomic E-state index is -0.178. The van der Waals surface area contributed by atoms with Crippen LogP contribution in [-0.4, -0.2) is 25.8 Å². The molecule has 0 bridgehead atoms. The van der Waals surface area contributed by atoms with E-state index in [0.717, 1.165) is 0 Å². The van der Waals surface area contributed by atoms with Crippen molar-refractivity contribution in [3.63, 3.8) is 0 Å². The number of H-pyrrole nitrogens is 1. The van der Waals surface area contributed by atoms with Crippen LogP contribution in [0, 0.1) is 0 Å². The molecule has 2 heterocycles. The van der Waals surface area contributed by atoms with Crippen LogP contribution in [-0.2, 0) is 7.05 Å². The van der Waals surface area contributed by atoms with Crippen molar-refractivity contribution in [2.45, 2.75) is 19.9 Å². The molecule has 0 atom stereocenters. The number of hydrogen-bond donors (Lipinski definition) is 2. The maximum absolute atomic E-state index is 11.7. The molecule has 2 aromatic heterocycles. The van der Waals surface area contributed by atoms with Crippen LogP contribution >= 0.6 is 0 Å². The van der Waals surface area contributed by atoms with Crippen molar-refractivity contribution >= 4 is 17.0 Å². The van der Waals surface area contributed by atoms with Crippen molar-refractivity contribution < 1.29 is 0 Å². The van der Waals surface area contributed by atoms with Crippen LogP contribution in [0.25, 0.3) is 11.0 Å². The molecule has 0 fully saturated rings. The molecule has 15 heavy (non-hydrogen) atoms. The summed E-state index contributed by atoms with van der Waals surface area (Å²) in [6, 6.07) is 0.224. The van der Waals surface area contributed by atoms with Crippen LogP contribution in [0.1, 0.15) is 13.8 Å². The Labute approximate surface area is 86.3 Å². The van der Waals surface area contributed by atoms with E-state index >= 15 is 0 Å². The van der Waals surface area contributed by atoms with Gasteiger partial charge in [-0.3, -0.25) is 14.5 Å². The second-order valence-electron chi connectivity index (χ2n) is 3.72. The fraction of sp³-hybridized carbons (Fsp3) is 0.444. The standard InChI is InChI=1S/C9H13N5O/c1-5(2)11-9-12-6-4-10-14(3)7(6)8(15)13-9/h4-5H,1-3H3,(H2,11,12,13,15). The van der Waals surface area contributed by atoms with Gasteiger partial charge in [0.15, 0.2) is 5.52 Å². The number of anilines is 1. The number of hydrogen-bond acceptors (Lipinski definition) is 4. The van der Waals surface area contributed by atoms with Gasteiger partial charge in [0.1, 0.15) is 5.52 Å². The second-order valence-corrected chi connectivity index (χ2v) is 3.72. The lowest BCUT2D eigenvalue weighted by atomic mass is 10.4. The molecule has 0 saturated carbocycles. The van der Waals surface area contributed by atoms with E-state index in [1.165, 1.54) is 4.68 Å². The zero-order valence-electron chi connectivity index (χ0n) is 8.90. The van der Waals surface area contributed by atoms with Gasteiger partial charge in [-0.2, -0.15) is 5.10 Å². The first-order valence-electron chi connectivity index (χ1n) is 4.76. The lowest BCUT2D eigenvalue weighted by Crippen LogP contribution is -2.18. The predicted octanol–water partition coefficient (Wildman–Crippen LogP) is 0.477. The van der Waals surface area contributed by atoms with Crippen molar-refractivity contribution in [2.24, 2.45) is 7.05 Å². The highest BCUT2D eigenvalue weighted by molar-refractivity contribution is 5.73. The Hall–Kier alpha value is -1.85. The smallest absolute Gasteiger partial charge is 0.278 e. The molecule has 6 heteroatoms. The Bertz CT molecular complexity index is 539. The molecule has 0 aromatic carbocycles. The summed E-state index contributed by atoms with van der Waals surface area (Å²) in [5.74, 6) is 0.482. The zero-order chi connectivity index (χ0) is 11.0. The maximum atomic E-state index is 11.7. The van der Waals surface area contributed by atoms with Crippen molar-refractivity contribution in [1.29, 1.82) is 0 Å². The largest absolute Gasteiger partial charge is 0.354 e. The Morgan fingerprint density at radius 2 is 2.27 bits per heavy atom. The number of nitrogens with zero attached hydrogens (tertiary/aromatic N) is 3. The summed E-state index contributed by atoms with van der Waals surface area (Å²) in [4.78, 5) is 18.6. The number of rotatable bonds is 2. The normalized spacial score (nSPS) is 11.2. The van der Waals surface area contributed by atoms with E-state index < -0.39 is 0 Å². The number of aryl methyl sites for hydroxylation is 1. The van der Waals surface area contributed by atoms with Crippen molar-refractivity contribution in [3.05, 3.63) is 16.6 Å². The van der Waals surface area contributed by atoms with Gasteiger partial charge in [0.2, 0.25) is 5.95 Å². The van der Waals surface area contributed by atoms with E-state index in [0.29, 0.717) is 17.0 Å². The third-order valence-electron chi connectivity index (χ3n) is 2.02. The predicted molar refractivity (Wildman–Crippen MR) is 57.9 cm³/mol. The number of aromatic nitrogens is 4. The van der Waals surface area contributed by atoms with E-state index in [1.807, 2.05) is 13.8 Å². The van der Waals surface area contributed by atoms with Gasteiger partial charge < -0.3 is 5.32 Å². The summed E-state index contributed by atoms with van der Waals surface area (Å²) < 4.78 is 1.51. The fourth-order valence-electron chi connectivity index (χ4n) is 1.43. The molecule has 0 amide bonds. The molecule has 0 unspecified atom stereocenters. The Kier molecular flexibility index (Phi) is 2.18. The molecular weight excluding hydrogens is 194 g/mol. The van der Waals surface area contributed by atoms with Crippen LogP contribution in [0.15, 0.2) is 11.0 Å². The van der Waals surface area contributed by atoms with Crippen LogP contribution in [0.3, 0.4) is 0 Å². The molecule has 0 saturated heterocycles. The molecule has 80 valence electrons. The average molecular weight is 207 g/mol. The minimum absolute atomic E-state index is 0.178. The van der Waals surface area contributed by atoms with E-state index in [9.17, 15) is 4.79 Å². The summed E-state index contributed by atoms with van der Waals surface area (Å²) in [6.07, 6.45) is 1.58. The summed E-state index contributed by atoms with van der Waals surface area (Å²) in [6.45, 7) is 3.96. The lowest BCUT2D eigenvalue weighted by Gasteiger charge is -2.07. The highest BCUT2D eigenvalue weighted by atomic mass is 16.1. The van der Waals surface area contributed by atoms with Gasteiger partial charge in [0.25, 0.3) is 5.56 Å². The van der Waals surface area contributed by atoms with Gasteiger partial charge in [-0.1, -0.05) is 0 Å². The third-order valence-corrected chi connectivity index (χ3v) is 2.02. The first kappa shape index (κ1) is 9.70. The van der Waals surface area contributed by atoms with Gasteiger partial charge in [-0.15, -0.1) is 0 Å². The van der Waals surface area contributed by atoms with E-state index in [4.69, 9.17) is 0 Å². The number of nitrogens with one attached hydrogen (secondary N) is 2. The maximum Gasteiger partial charge on any atom is 0.278 e. The molecular formula is C9H13N5O. The summed E-state index contributed by atoms with van der Waals surface area (Å²) in [7, 11) is 1.72. The summed E-state index contributed by atoms with van der Waals surface area (Å²) >= 11 is 0. The van der Waals surface area contributed by atoms with E-state index in [2.05, 4.69) is 20.4 Å². The topological polar surface area (TPSA) is 75.6 Å². The first-order valence-corrected chi connectivity index (χ1v) is 4.76. The minimum Gasteiger partial charge on any atom is -0.354 e. The van der Waals surface area contributed by atoms with Gasteiger partial charge in [0.05, 0.1) is 6.20 Å². The quantitative estimate of drug-likeness (QED) is 0.750. The number of fused-ring (bicyclic) bond motifs is 1. The van der Waals surface area contributed by atoms with Gasteiger partial charge in [-0.25, -0.2) is 4.98 Å². The molecule has 2 aromatic rings. The Morgan fingerprint density at radius 3 is 2.93 bits per heavy atom. The van der Waals surface area contributed by atoms with Crippen LogP contribution in [0.4, 0.5) is 5.95 Å². The average Bonchev–Trinajstić information content (AvgIpc) is 2.46. The molecule has 2 N–H and O–H groups in total. The van der Waals surface area contributed by atoms with Gasteiger partial charge in [0, 0.05) is 13.1 Å². The van der Waals surface area contributed by atoms with Gasteiger partial charge >= 0.3 is 0 Å². The van der Waals surface area contributed by atoms with E-state index in [1.54, 1.807) is 13.2 Å². The summed E-state index contributed by atoms with van der Waals surface area (Å²) in [5.41, 5.74) is 0.914. The molecule has 6 nitrogen and oxygen atoms in total. The third kappa shape index (κ3) is 1.70. The lowest BCUT2D eigenvalue weighted by molar-refractivity contribution is 0.791. The van der Waals surface area contributed by atoms with Crippen molar-refractivity contribution in [2.75, 3.05) is 5.32 Å². The highest BCUT2D eigenvalue weighted by Crippen LogP contribution is 2.07. The molecule has 0 spiro atoms. The fourth-order valence-corrected chi connectivity index (χ4v) is 1.43. The molecule has 0 aliphatic carbocycles. The van der Waals surface area contributed by atoms with Crippen molar-refractivity contribution in [1.82, 2.24) is 19.7 Å². The molecule has 2 rings (SSSR count). The van der Waals surface area contributed by atoms with E-state index in [-0.39, 0.29) is 11.6 Å². The summed E-state index contributed by atoms with van der Waals surface area (Å²) in [5, 5.41) is 7.03. The number of aromatic amines is 1. The van der Waals surface area contributed by atoms with Gasteiger partial charge in [-0.05, 0) is 13.8 Å². The monoisotopic (exact) mass is 207 g/mol. The second kappa shape index (κ2) is 3.38. The Morgan fingerprint density at radius 1 is 1.53 bits per heavy atom. The SMILES string of the molecule is CC(C)Nc1nc2cnn(C)c2c(=O)[nH]1. The van der Waals surface area contributed by atoms with Crippen molar-refractivity contribution in [3.8, 4) is 0 Å². The first-order chi connectivity index (χ1) is 7.08. The molecule has 0 radical (unpaired) electrons. The molecule has 0 aliphatic heterocycles. The van der Waals surface area contributed by atoms with Crippen LogP contribution < -0.4 is 10.9 Å². The molecule has 0 aliphatic rings. The zero-order valence-corrected chi connectivity index (χ0v) is 8.90. The van der Waals surface area contributed by atoms with Crippen LogP contribution in [0.5, 0.6) is 0 Å². The Balaban J connectivity index is 2.59. The van der Waals surface area contributed by atoms with Crippen LogP contribution in [0.2, 0.25) is 0 Å². The highest BCUT2D eigenvalue weighted by Gasteiger charge is 2.08.